The van der Waals surface area contributed by atoms with E-state index in [2.05, 4.69) is 5.32 Å². The molecule has 0 radical (unpaired) electrons. The molecule has 0 aromatic heterocycles. The number of nitrogens with one attached hydrogen (secondary N) is 1. The first-order valence-corrected chi connectivity index (χ1v) is 9.04. The minimum atomic E-state index is -4.34. The molecule has 0 bridgehead atoms. The Morgan fingerprint density at radius 2 is 1.85 bits per heavy atom. The molecule has 1 aliphatic carbocycles. The topological polar surface area (TPSA) is 38.3 Å². The minimum Gasteiger partial charge on any atom is -0.493 e. The van der Waals surface area contributed by atoms with Crippen LogP contribution in [0.4, 0.5) is 13.2 Å². The molecule has 2 aromatic carbocycles. The SMILES string of the molecule is CC(NC(=O)[C@@H]1C[C@H]1c1ccc(C(F)(F)F)cc1)C1COc2ccccc21. The van der Waals surface area contributed by atoms with Crippen LogP contribution in [0.15, 0.2) is 48.5 Å². The molecular formula is C21H20F3NO2. The number of fused-ring (bicyclic) bond motifs is 1. The van der Waals surface area contributed by atoms with E-state index in [1.54, 1.807) is 0 Å². The molecule has 4 rings (SSSR count). The van der Waals surface area contributed by atoms with Crippen LogP contribution in [0.3, 0.4) is 0 Å². The Balaban J connectivity index is 1.36. The van der Waals surface area contributed by atoms with Gasteiger partial charge in [-0.25, -0.2) is 0 Å². The van der Waals surface area contributed by atoms with E-state index in [9.17, 15) is 18.0 Å². The van der Waals surface area contributed by atoms with E-state index in [1.165, 1.54) is 12.1 Å². The minimum absolute atomic E-state index is 0.00778. The number of ether oxygens (including phenoxy) is 1. The highest BCUT2D eigenvalue weighted by molar-refractivity contribution is 5.83. The Morgan fingerprint density at radius 3 is 2.56 bits per heavy atom. The van der Waals surface area contributed by atoms with Gasteiger partial charge in [-0.05, 0) is 43.0 Å². The molecule has 6 heteroatoms. The first-order valence-electron chi connectivity index (χ1n) is 9.04. The molecule has 2 aliphatic rings. The van der Waals surface area contributed by atoms with Gasteiger partial charge in [-0.2, -0.15) is 13.2 Å². The standard InChI is InChI=1S/C21H20F3NO2/c1-12(18-11-27-19-5-3-2-4-15(18)19)25-20(26)17-10-16(17)13-6-8-14(9-7-13)21(22,23)24/h2-9,12,16-18H,10-11H2,1H3,(H,25,26)/t12?,16-,17+,18?/m0/s1. The molecule has 2 unspecified atom stereocenters. The van der Waals surface area contributed by atoms with Gasteiger partial charge in [-0.3, -0.25) is 4.79 Å². The Morgan fingerprint density at radius 1 is 1.15 bits per heavy atom. The average Bonchev–Trinajstić information content (AvgIpc) is 3.33. The third kappa shape index (κ3) is 3.53. The number of hydrogen-bond acceptors (Lipinski definition) is 2. The summed E-state index contributed by atoms with van der Waals surface area (Å²) in [7, 11) is 0. The van der Waals surface area contributed by atoms with E-state index in [4.69, 9.17) is 4.74 Å². The van der Waals surface area contributed by atoms with Crippen LogP contribution < -0.4 is 10.1 Å². The first-order chi connectivity index (χ1) is 12.8. The van der Waals surface area contributed by atoms with Gasteiger partial charge in [0.1, 0.15) is 5.75 Å². The lowest BCUT2D eigenvalue weighted by Crippen LogP contribution is -2.38. The number of halogens is 3. The lowest BCUT2D eigenvalue weighted by atomic mass is 9.94. The number of carbonyl (C=O) groups is 1. The number of benzene rings is 2. The average molecular weight is 375 g/mol. The molecule has 3 nitrogen and oxygen atoms in total. The third-order valence-corrected chi connectivity index (χ3v) is 5.50. The molecule has 142 valence electrons. The molecule has 1 aliphatic heterocycles. The van der Waals surface area contributed by atoms with Crippen molar-refractivity contribution in [3.63, 3.8) is 0 Å². The lowest BCUT2D eigenvalue weighted by Gasteiger charge is -2.20. The van der Waals surface area contributed by atoms with E-state index < -0.39 is 11.7 Å². The highest BCUT2D eigenvalue weighted by Gasteiger charge is 2.45. The fourth-order valence-electron chi connectivity index (χ4n) is 3.81. The summed E-state index contributed by atoms with van der Waals surface area (Å²) in [5, 5.41) is 3.06. The fourth-order valence-corrected chi connectivity index (χ4v) is 3.81. The molecular weight excluding hydrogens is 355 g/mol. The first kappa shape index (κ1) is 17.9. The normalized spacial score (nSPS) is 24.7. The molecule has 4 atom stereocenters. The summed E-state index contributed by atoms with van der Waals surface area (Å²) in [6.07, 6.45) is -3.67. The molecule has 1 amide bonds. The maximum Gasteiger partial charge on any atom is 0.416 e. The number of para-hydroxylation sites is 1. The van der Waals surface area contributed by atoms with Crippen LogP contribution in [0.25, 0.3) is 0 Å². The van der Waals surface area contributed by atoms with Crippen molar-refractivity contribution < 1.29 is 22.7 Å². The van der Waals surface area contributed by atoms with Gasteiger partial charge in [0.15, 0.2) is 0 Å². The van der Waals surface area contributed by atoms with E-state index in [0.29, 0.717) is 13.0 Å². The summed E-state index contributed by atoms with van der Waals surface area (Å²) in [6.45, 7) is 2.50. The maximum atomic E-state index is 12.7. The summed E-state index contributed by atoms with van der Waals surface area (Å²) in [4.78, 5) is 12.6. The molecule has 27 heavy (non-hydrogen) atoms. The molecule has 1 heterocycles. The fraction of sp³-hybridized carbons (Fsp3) is 0.381. The number of hydrogen-bond donors (Lipinski definition) is 1. The van der Waals surface area contributed by atoms with Crippen molar-refractivity contribution in [3.8, 4) is 5.75 Å². The highest BCUT2D eigenvalue weighted by atomic mass is 19.4. The highest BCUT2D eigenvalue weighted by Crippen LogP contribution is 2.48. The van der Waals surface area contributed by atoms with Crippen molar-refractivity contribution in [2.45, 2.75) is 37.4 Å². The summed E-state index contributed by atoms with van der Waals surface area (Å²) < 4.78 is 43.7. The van der Waals surface area contributed by atoms with Gasteiger partial charge in [0, 0.05) is 23.4 Å². The van der Waals surface area contributed by atoms with Crippen LogP contribution in [0.5, 0.6) is 5.75 Å². The van der Waals surface area contributed by atoms with Gasteiger partial charge in [-0.15, -0.1) is 0 Å². The van der Waals surface area contributed by atoms with Gasteiger partial charge in [-0.1, -0.05) is 30.3 Å². The van der Waals surface area contributed by atoms with E-state index in [-0.39, 0.29) is 29.7 Å². The molecule has 1 saturated carbocycles. The van der Waals surface area contributed by atoms with Crippen molar-refractivity contribution >= 4 is 5.91 Å². The van der Waals surface area contributed by atoms with Crippen molar-refractivity contribution in [3.05, 3.63) is 65.2 Å². The molecule has 1 fully saturated rings. The zero-order chi connectivity index (χ0) is 19.2. The van der Waals surface area contributed by atoms with Gasteiger partial charge >= 0.3 is 6.18 Å². The quantitative estimate of drug-likeness (QED) is 0.855. The van der Waals surface area contributed by atoms with E-state index in [0.717, 1.165) is 29.0 Å². The lowest BCUT2D eigenvalue weighted by molar-refractivity contribution is -0.137. The summed E-state index contributed by atoms with van der Waals surface area (Å²) in [5.74, 6) is 0.733. The summed E-state index contributed by atoms with van der Waals surface area (Å²) in [6, 6.07) is 12.9. The number of alkyl halides is 3. The van der Waals surface area contributed by atoms with Crippen LogP contribution >= 0.6 is 0 Å². The van der Waals surface area contributed by atoms with Crippen LogP contribution in [-0.2, 0) is 11.0 Å². The second-order valence-electron chi connectivity index (χ2n) is 7.32. The largest absolute Gasteiger partial charge is 0.493 e. The molecule has 0 saturated heterocycles. The second kappa shape index (κ2) is 6.59. The van der Waals surface area contributed by atoms with Crippen molar-refractivity contribution in [1.82, 2.24) is 5.32 Å². The molecule has 2 aromatic rings. The zero-order valence-corrected chi connectivity index (χ0v) is 14.8. The number of carbonyl (C=O) groups excluding carboxylic acids is 1. The Labute approximate surface area is 155 Å². The summed E-state index contributed by atoms with van der Waals surface area (Å²) in [5.41, 5.74) is 1.21. The van der Waals surface area contributed by atoms with Crippen molar-refractivity contribution in [2.75, 3.05) is 6.61 Å². The maximum absolute atomic E-state index is 12.7. The Bertz CT molecular complexity index is 847. The van der Waals surface area contributed by atoms with E-state index in [1.807, 2.05) is 31.2 Å². The van der Waals surface area contributed by atoms with Crippen LogP contribution in [0, 0.1) is 5.92 Å². The summed E-state index contributed by atoms with van der Waals surface area (Å²) >= 11 is 0. The number of rotatable bonds is 4. The smallest absolute Gasteiger partial charge is 0.416 e. The zero-order valence-electron chi connectivity index (χ0n) is 14.8. The van der Waals surface area contributed by atoms with Crippen LogP contribution in [0.1, 0.15) is 41.9 Å². The monoisotopic (exact) mass is 375 g/mol. The van der Waals surface area contributed by atoms with Crippen molar-refractivity contribution in [2.24, 2.45) is 5.92 Å². The predicted octanol–water partition coefficient (Wildman–Crippen LogP) is 4.49. The molecule has 0 spiro atoms. The number of amides is 1. The Kier molecular flexibility index (Phi) is 4.36. The van der Waals surface area contributed by atoms with Crippen LogP contribution in [0.2, 0.25) is 0 Å². The van der Waals surface area contributed by atoms with Crippen LogP contribution in [-0.4, -0.2) is 18.6 Å². The second-order valence-corrected chi connectivity index (χ2v) is 7.32. The van der Waals surface area contributed by atoms with E-state index >= 15 is 0 Å². The van der Waals surface area contributed by atoms with Gasteiger partial charge < -0.3 is 10.1 Å². The van der Waals surface area contributed by atoms with Crippen molar-refractivity contribution in [1.29, 1.82) is 0 Å². The van der Waals surface area contributed by atoms with Gasteiger partial charge in [0.05, 0.1) is 12.2 Å². The Hall–Kier alpha value is -2.50. The third-order valence-electron chi connectivity index (χ3n) is 5.50. The molecule has 1 N–H and O–H groups in total. The van der Waals surface area contributed by atoms with Gasteiger partial charge in [0.2, 0.25) is 5.91 Å². The predicted molar refractivity (Wildman–Crippen MR) is 94.6 cm³/mol. The van der Waals surface area contributed by atoms with Gasteiger partial charge in [0.25, 0.3) is 0 Å².